The average molecular weight is 441 g/mol. The minimum absolute atomic E-state index is 0. The van der Waals surface area contributed by atoms with Gasteiger partial charge in [0.1, 0.15) is 11.5 Å². The van der Waals surface area contributed by atoms with Crippen LogP contribution in [0.1, 0.15) is 25.0 Å². The smallest absolute Gasteiger partial charge is 0.870 e. The molecule has 0 aliphatic heterocycles. The first kappa shape index (κ1) is 31.7. The molecule has 2 aromatic carbocycles. The van der Waals surface area contributed by atoms with E-state index in [4.69, 9.17) is 21.4 Å². The molecule has 0 saturated carbocycles. The maximum Gasteiger partial charge on any atom is 1.00 e. The van der Waals surface area contributed by atoms with Crippen molar-refractivity contribution in [3.05, 3.63) is 47.5 Å². The number of ether oxygens (including phenoxy) is 1. The van der Waals surface area contributed by atoms with Crippen LogP contribution in [0.3, 0.4) is 0 Å². The van der Waals surface area contributed by atoms with Crippen LogP contribution in [-0.4, -0.2) is 35.6 Å². The van der Waals surface area contributed by atoms with Gasteiger partial charge in [-0.25, -0.2) is 0 Å². The van der Waals surface area contributed by atoms with E-state index in [0.717, 1.165) is 23.8 Å². The summed E-state index contributed by atoms with van der Waals surface area (Å²) in [6, 6.07) is 11.6. The summed E-state index contributed by atoms with van der Waals surface area (Å²) in [6.07, 6.45) is 4.11. The Morgan fingerprint density at radius 2 is 1.37 bits per heavy atom. The normalized spacial score (nSPS) is 8.70. The third-order valence-corrected chi connectivity index (χ3v) is 4.85. The molecule has 27 heavy (non-hydrogen) atoms. The largest absolute Gasteiger partial charge is 1.00 e. The summed E-state index contributed by atoms with van der Waals surface area (Å²) in [6.45, 7) is 8.72. The van der Waals surface area contributed by atoms with E-state index in [-0.39, 0.29) is 35.0 Å². The second-order valence-electron chi connectivity index (χ2n) is 4.99. The van der Waals surface area contributed by atoms with Crippen LogP contribution in [0.15, 0.2) is 46.2 Å². The molecule has 0 aromatic heterocycles. The zero-order chi connectivity index (χ0) is 19.2. The summed E-state index contributed by atoms with van der Waals surface area (Å²) < 4.78 is 5.38. The Hall–Kier alpha value is -0.0100. The molecule has 2 aromatic rings. The second kappa shape index (κ2) is 19.3. The predicted molar refractivity (Wildman–Crippen MR) is 117 cm³/mol. The molecule has 0 amide bonds. The standard InChI is InChI=1S/C10H14OS.C8H10OS.C2H5Cl.Na.H2O/c1-4-11-9-5-6-10(12-3)8(2)7-9;1-6-5-7(9)3-4-8(6)10-2;1-2-3;;/h5-7H,4H2,1-3H3;3-5,9H,1-2H3;2H2,1H3;;1H2/q;;;+1;/p-1. The predicted octanol–water partition coefficient (Wildman–Crippen LogP) is 3.61. The molecule has 0 saturated heterocycles. The minimum atomic E-state index is 0. The van der Waals surface area contributed by atoms with E-state index in [9.17, 15) is 0 Å². The molecule has 0 radical (unpaired) electrons. The topological polar surface area (TPSA) is 59.5 Å². The zero-order valence-corrected chi connectivity index (χ0v) is 21.8. The molecular weight excluding hydrogens is 411 g/mol. The number of thioether (sulfide) groups is 2. The van der Waals surface area contributed by atoms with E-state index in [0.29, 0.717) is 5.75 Å². The summed E-state index contributed by atoms with van der Waals surface area (Å²) in [5.74, 6) is 2.03. The van der Waals surface area contributed by atoms with Crippen molar-refractivity contribution in [1.29, 1.82) is 0 Å². The SMILES string of the molecule is CCCl.CCOc1ccc(SC)c(C)c1.CSc1ccc(O)cc1C.[Na+].[OH-]. The van der Waals surface area contributed by atoms with Crippen LogP contribution >= 0.6 is 35.1 Å². The molecule has 0 aliphatic rings. The van der Waals surface area contributed by atoms with Crippen LogP contribution in [0, 0.1) is 13.8 Å². The second-order valence-corrected chi connectivity index (χ2v) is 7.22. The van der Waals surface area contributed by atoms with Crippen molar-refractivity contribution in [2.75, 3.05) is 25.0 Å². The van der Waals surface area contributed by atoms with Gasteiger partial charge in [0.05, 0.1) is 6.61 Å². The first-order valence-corrected chi connectivity index (χ1v) is 11.1. The molecular formula is C20H30ClNaO3S2. The van der Waals surface area contributed by atoms with Gasteiger partial charge in [0.15, 0.2) is 0 Å². The minimum Gasteiger partial charge on any atom is -0.870 e. The zero-order valence-electron chi connectivity index (χ0n) is 17.4. The molecule has 148 valence electrons. The van der Waals surface area contributed by atoms with Crippen molar-refractivity contribution < 1.29 is 44.9 Å². The maximum absolute atomic E-state index is 9.02. The molecule has 0 unspecified atom stereocenters. The van der Waals surface area contributed by atoms with Gasteiger partial charge in [-0.05, 0) is 80.8 Å². The number of hydrogen-bond acceptors (Lipinski definition) is 5. The molecule has 0 heterocycles. The van der Waals surface area contributed by atoms with E-state index in [1.54, 1.807) is 35.7 Å². The summed E-state index contributed by atoms with van der Waals surface area (Å²) >= 11 is 8.46. The molecule has 0 bridgehead atoms. The number of phenolic OH excluding ortho intramolecular Hbond substituents is 1. The molecule has 0 spiro atoms. The van der Waals surface area contributed by atoms with E-state index in [2.05, 4.69) is 25.3 Å². The Morgan fingerprint density at radius 3 is 1.74 bits per heavy atom. The molecule has 7 heteroatoms. The summed E-state index contributed by atoms with van der Waals surface area (Å²) in [4.78, 5) is 2.54. The van der Waals surface area contributed by atoms with Crippen LogP contribution in [0.5, 0.6) is 11.5 Å². The number of rotatable bonds is 4. The fourth-order valence-corrected chi connectivity index (χ4v) is 3.14. The number of benzene rings is 2. The Balaban J connectivity index is -0.000000353. The van der Waals surface area contributed by atoms with E-state index in [1.807, 2.05) is 39.2 Å². The van der Waals surface area contributed by atoms with E-state index >= 15 is 0 Å². The number of hydrogen-bond donors (Lipinski definition) is 1. The van der Waals surface area contributed by atoms with Gasteiger partial charge in [-0.15, -0.1) is 35.1 Å². The fourth-order valence-electron chi connectivity index (χ4n) is 1.97. The third kappa shape index (κ3) is 13.7. The van der Waals surface area contributed by atoms with Crippen molar-refractivity contribution in [2.24, 2.45) is 0 Å². The van der Waals surface area contributed by atoms with Gasteiger partial charge in [-0.1, -0.05) is 6.92 Å². The maximum atomic E-state index is 9.02. The van der Waals surface area contributed by atoms with Crippen LogP contribution in [0.25, 0.3) is 0 Å². The van der Waals surface area contributed by atoms with Crippen molar-refractivity contribution in [3.63, 3.8) is 0 Å². The van der Waals surface area contributed by atoms with Gasteiger partial charge in [0.2, 0.25) is 0 Å². The Labute approximate surface area is 200 Å². The van der Waals surface area contributed by atoms with Crippen molar-refractivity contribution in [3.8, 4) is 11.5 Å². The Morgan fingerprint density at radius 1 is 0.926 bits per heavy atom. The monoisotopic (exact) mass is 440 g/mol. The number of halogens is 1. The number of alkyl halides is 1. The number of aromatic hydroxyl groups is 1. The fraction of sp³-hybridized carbons (Fsp3) is 0.400. The van der Waals surface area contributed by atoms with Crippen molar-refractivity contribution in [1.82, 2.24) is 0 Å². The van der Waals surface area contributed by atoms with Crippen molar-refractivity contribution in [2.45, 2.75) is 37.5 Å². The van der Waals surface area contributed by atoms with Crippen LogP contribution in [0.4, 0.5) is 0 Å². The summed E-state index contributed by atoms with van der Waals surface area (Å²) in [7, 11) is 0. The van der Waals surface area contributed by atoms with Gasteiger partial charge < -0.3 is 15.3 Å². The first-order chi connectivity index (χ1) is 11.9. The molecule has 3 nitrogen and oxygen atoms in total. The molecule has 0 aliphatic carbocycles. The van der Waals surface area contributed by atoms with Crippen LogP contribution in [0.2, 0.25) is 0 Å². The molecule has 2 rings (SSSR count). The van der Waals surface area contributed by atoms with Gasteiger partial charge in [-0.2, -0.15) is 0 Å². The van der Waals surface area contributed by atoms with E-state index < -0.39 is 0 Å². The van der Waals surface area contributed by atoms with Gasteiger partial charge in [-0.3, -0.25) is 0 Å². The van der Waals surface area contributed by atoms with Crippen LogP contribution in [-0.2, 0) is 0 Å². The van der Waals surface area contributed by atoms with Gasteiger partial charge >= 0.3 is 29.6 Å². The van der Waals surface area contributed by atoms with Gasteiger partial charge in [0.25, 0.3) is 0 Å². The molecule has 2 N–H and O–H groups in total. The van der Waals surface area contributed by atoms with Gasteiger partial charge in [0, 0.05) is 15.7 Å². The van der Waals surface area contributed by atoms with Crippen LogP contribution < -0.4 is 34.3 Å². The molecule has 0 fully saturated rings. The quantitative estimate of drug-likeness (QED) is 0.447. The number of aryl methyl sites for hydroxylation is 2. The average Bonchev–Trinajstić information content (AvgIpc) is 2.57. The van der Waals surface area contributed by atoms with Crippen molar-refractivity contribution >= 4 is 35.1 Å². The molecule has 0 atom stereocenters. The third-order valence-electron chi connectivity index (χ3n) is 3.06. The first-order valence-electron chi connectivity index (χ1n) is 8.10. The number of phenols is 1. The summed E-state index contributed by atoms with van der Waals surface area (Å²) in [5, 5.41) is 9.02. The van der Waals surface area contributed by atoms with E-state index in [1.165, 1.54) is 15.4 Å². The Bertz CT molecular complexity index is 628. The Kier molecular flexibility index (Phi) is 22.7. The summed E-state index contributed by atoms with van der Waals surface area (Å²) in [5.41, 5.74) is 2.42.